The Morgan fingerprint density at radius 2 is 1.78 bits per heavy atom. The first-order valence-electron chi connectivity index (χ1n) is 7.68. The lowest BCUT2D eigenvalue weighted by Crippen LogP contribution is -2.27. The molecule has 0 bridgehead atoms. The molecule has 1 amide bonds. The van der Waals surface area contributed by atoms with Crippen LogP contribution in [0.5, 0.6) is 0 Å². The molecule has 2 N–H and O–H groups in total. The Labute approximate surface area is 135 Å². The first-order valence-corrected chi connectivity index (χ1v) is 7.68. The molecule has 1 heterocycles. The van der Waals surface area contributed by atoms with E-state index in [1.807, 2.05) is 60.0 Å². The molecular formula is C19H20N2O2. The maximum Gasteiger partial charge on any atom is 0.240 e. The number of aryl methyl sites for hydroxylation is 1. The molecule has 0 aliphatic heterocycles. The first kappa shape index (κ1) is 15.3. The van der Waals surface area contributed by atoms with Gasteiger partial charge in [-0.2, -0.15) is 0 Å². The number of benzene rings is 2. The van der Waals surface area contributed by atoms with E-state index < -0.39 is 0 Å². The van der Waals surface area contributed by atoms with E-state index in [2.05, 4.69) is 11.4 Å². The third-order valence-corrected chi connectivity index (χ3v) is 4.08. The lowest BCUT2D eigenvalue weighted by Gasteiger charge is -2.11. The quantitative estimate of drug-likeness (QED) is 0.761. The van der Waals surface area contributed by atoms with E-state index in [0.717, 1.165) is 27.7 Å². The normalized spacial score (nSPS) is 10.9. The van der Waals surface area contributed by atoms with E-state index in [1.165, 1.54) is 0 Å². The second-order valence-corrected chi connectivity index (χ2v) is 5.63. The molecule has 118 valence electrons. The highest BCUT2D eigenvalue weighted by atomic mass is 16.3. The number of fused-ring (bicyclic) bond motifs is 1. The standard InChI is InChI=1S/C19H20N2O2/c1-14-10-15-6-4-5-9-18(15)21(14)12-19(23)20-11-16-7-2-3-8-17(16)13-22/h2-10,22H,11-13H2,1H3,(H,20,23). The summed E-state index contributed by atoms with van der Waals surface area (Å²) in [5.74, 6) is -0.0396. The van der Waals surface area contributed by atoms with Gasteiger partial charge < -0.3 is 15.0 Å². The minimum atomic E-state index is -0.0396. The summed E-state index contributed by atoms with van der Waals surface area (Å²) in [7, 11) is 0. The van der Waals surface area contributed by atoms with E-state index in [-0.39, 0.29) is 12.5 Å². The van der Waals surface area contributed by atoms with Crippen molar-refractivity contribution in [2.45, 2.75) is 26.6 Å². The Hall–Kier alpha value is -2.59. The number of nitrogens with one attached hydrogen (secondary N) is 1. The number of aliphatic hydroxyl groups excluding tert-OH is 1. The zero-order valence-corrected chi connectivity index (χ0v) is 13.1. The maximum atomic E-state index is 12.3. The van der Waals surface area contributed by atoms with Crippen LogP contribution in [0, 0.1) is 6.92 Å². The number of para-hydroxylation sites is 1. The summed E-state index contributed by atoms with van der Waals surface area (Å²) in [6, 6.07) is 17.7. The maximum absolute atomic E-state index is 12.3. The van der Waals surface area contributed by atoms with Crippen LogP contribution in [-0.2, 0) is 24.5 Å². The number of carbonyl (C=O) groups is 1. The minimum absolute atomic E-state index is 0.0204. The van der Waals surface area contributed by atoms with Gasteiger partial charge in [0, 0.05) is 17.8 Å². The SMILES string of the molecule is Cc1cc2ccccc2n1CC(=O)NCc1ccccc1CO. The van der Waals surface area contributed by atoms with Crippen molar-refractivity contribution in [2.75, 3.05) is 0 Å². The highest BCUT2D eigenvalue weighted by Gasteiger charge is 2.10. The smallest absolute Gasteiger partial charge is 0.240 e. The molecule has 0 radical (unpaired) electrons. The third kappa shape index (κ3) is 3.27. The number of rotatable bonds is 5. The van der Waals surface area contributed by atoms with Crippen molar-refractivity contribution in [2.24, 2.45) is 0 Å². The van der Waals surface area contributed by atoms with Crippen LogP contribution in [0.1, 0.15) is 16.8 Å². The summed E-state index contributed by atoms with van der Waals surface area (Å²) in [6.45, 7) is 2.70. The van der Waals surface area contributed by atoms with E-state index in [0.29, 0.717) is 13.1 Å². The Bertz CT molecular complexity index is 836. The van der Waals surface area contributed by atoms with Crippen molar-refractivity contribution in [3.05, 3.63) is 71.4 Å². The van der Waals surface area contributed by atoms with Gasteiger partial charge in [-0.15, -0.1) is 0 Å². The van der Waals surface area contributed by atoms with Crippen molar-refractivity contribution < 1.29 is 9.90 Å². The zero-order valence-electron chi connectivity index (χ0n) is 13.1. The number of hydrogen-bond acceptors (Lipinski definition) is 2. The van der Waals surface area contributed by atoms with Crippen molar-refractivity contribution in [1.29, 1.82) is 0 Å². The molecule has 0 atom stereocenters. The van der Waals surface area contributed by atoms with Crippen LogP contribution in [-0.4, -0.2) is 15.6 Å². The van der Waals surface area contributed by atoms with Crippen LogP contribution in [0.15, 0.2) is 54.6 Å². The molecule has 0 saturated carbocycles. The van der Waals surface area contributed by atoms with Crippen LogP contribution in [0.4, 0.5) is 0 Å². The van der Waals surface area contributed by atoms with Crippen molar-refractivity contribution in [1.82, 2.24) is 9.88 Å². The van der Waals surface area contributed by atoms with Gasteiger partial charge in [-0.25, -0.2) is 0 Å². The van der Waals surface area contributed by atoms with Gasteiger partial charge in [0.1, 0.15) is 6.54 Å². The second kappa shape index (κ2) is 6.67. The predicted molar refractivity (Wildman–Crippen MR) is 90.9 cm³/mol. The zero-order chi connectivity index (χ0) is 16.2. The molecule has 3 rings (SSSR count). The molecule has 0 aliphatic carbocycles. The number of amides is 1. The van der Waals surface area contributed by atoms with Gasteiger partial charge in [0.25, 0.3) is 0 Å². The van der Waals surface area contributed by atoms with E-state index >= 15 is 0 Å². The van der Waals surface area contributed by atoms with Crippen LogP contribution in [0.25, 0.3) is 10.9 Å². The van der Waals surface area contributed by atoms with Gasteiger partial charge in [0.2, 0.25) is 5.91 Å². The van der Waals surface area contributed by atoms with Crippen molar-refractivity contribution in [3.8, 4) is 0 Å². The van der Waals surface area contributed by atoms with Crippen LogP contribution >= 0.6 is 0 Å². The van der Waals surface area contributed by atoms with Crippen molar-refractivity contribution >= 4 is 16.8 Å². The lowest BCUT2D eigenvalue weighted by atomic mass is 10.1. The second-order valence-electron chi connectivity index (χ2n) is 5.63. The third-order valence-electron chi connectivity index (χ3n) is 4.08. The number of hydrogen-bond donors (Lipinski definition) is 2. The van der Waals surface area contributed by atoms with Gasteiger partial charge in [-0.05, 0) is 35.6 Å². The molecule has 3 aromatic rings. The van der Waals surface area contributed by atoms with E-state index in [4.69, 9.17) is 0 Å². The first-order chi connectivity index (χ1) is 11.2. The van der Waals surface area contributed by atoms with Crippen LogP contribution in [0.2, 0.25) is 0 Å². The molecule has 2 aromatic carbocycles. The average Bonchev–Trinajstić information content (AvgIpc) is 2.89. The summed E-state index contributed by atoms with van der Waals surface area (Å²) in [4.78, 5) is 12.3. The topological polar surface area (TPSA) is 54.3 Å². The highest BCUT2D eigenvalue weighted by molar-refractivity contribution is 5.84. The minimum Gasteiger partial charge on any atom is -0.392 e. The van der Waals surface area contributed by atoms with Gasteiger partial charge in [0.15, 0.2) is 0 Å². The molecular weight excluding hydrogens is 288 g/mol. The molecule has 4 nitrogen and oxygen atoms in total. The van der Waals surface area contributed by atoms with E-state index in [9.17, 15) is 9.90 Å². The molecule has 1 aromatic heterocycles. The van der Waals surface area contributed by atoms with Gasteiger partial charge in [-0.1, -0.05) is 42.5 Å². The largest absolute Gasteiger partial charge is 0.392 e. The molecule has 0 spiro atoms. The Morgan fingerprint density at radius 3 is 2.57 bits per heavy atom. The Kier molecular flexibility index (Phi) is 4.44. The van der Waals surface area contributed by atoms with Gasteiger partial charge in [-0.3, -0.25) is 4.79 Å². The highest BCUT2D eigenvalue weighted by Crippen LogP contribution is 2.18. The fourth-order valence-electron chi connectivity index (χ4n) is 2.84. The fraction of sp³-hybridized carbons (Fsp3) is 0.211. The van der Waals surface area contributed by atoms with Gasteiger partial charge >= 0.3 is 0 Å². The fourth-order valence-corrected chi connectivity index (χ4v) is 2.84. The molecule has 0 unspecified atom stereocenters. The summed E-state index contributed by atoms with van der Waals surface area (Å²) in [5.41, 5.74) is 3.92. The summed E-state index contributed by atoms with van der Waals surface area (Å²) < 4.78 is 2.02. The predicted octanol–water partition coefficient (Wildman–Crippen LogP) is 2.76. The lowest BCUT2D eigenvalue weighted by molar-refractivity contribution is -0.121. The average molecular weight is 308 g/mol. The summed E-state index contributed by atoms with van der Waals surface area (Å²) in [6.07, 6.45) is 0. The molecule has 0 fully saturated rings. The molecule has 0 saturated heterocycles. The monoisotopic (exact) mass is 308 g/mol. The van der Waals surface area contributed by atoms with Crippen molar-refractivity contribution in [3.63, 3.8) is 0 Å². The summed E-state index contributed by atoms with van der Waals surface area (Å²) in [5, 5.41) is 13.4. The number of nitrogens with zero attached hydrogens (tertiary/aromatic N) is 1. The number of aromatic nitrogens is 1. The van der Waals surface area contributed by atoms with Gasteiger partial charge in [0.05, 0.1) is 6.61 Å². The van der Waals surface area contributed by atoms with Crippen LogP contribution in [0.3, 0.4) is 0 Å². The molecule has 23 heavy (non-hydrogen) atoms. The van der Waals surface area contributed by atoms with Crippen LogP contribution < -0.4 is 5.32 Å². The molecule has 4 heteroatoms. The Morgan fingerprint density at radius 1 is 1.09 bits per heavy atom. The molecule has 0 aliphatic rings. The summed E-state index contributed by atoms with van der Waals surface area (Å²) >= 11 is 0. The number of carbonyl (C=O) groups excluding carboxylic acids is 1. The number of aliphatic hydroxyl groups is 1. The van der Waals surface area contributed by atoms with E-state index in [1.54, 1.807) is 0 Å². The Balaban J connectivity index is 1.71.